The third kappa shape index (κ3) is 5.48. The maximum atomic E-state index is 11.8. The van der Waals surface area contributed by atoms with Crippen LogP contribution in [0.25, 0.3) is 0 Å². The highest BCUT2D eigenvalue weighted by Gasteiger charge is 2.22. The van der Waals surface area contributed by atoms with Crippen LogP contribution in [0.4, 0.5) is 0 Å². The van der Waals surface area contributed by atoms with Crippen LogP contribution in [-0.2, 0) is 20.3 Å². The second-order valence-electron chi connectivity index (χ2n) is 4.87. The molecule has 0 aromatic rings. The lowest BCUT2D eigenvalue weighted by Crippen LogP contribution is -2.26. The fourth-order valence-corrected chi connectivity index (χ4v) is 3.70. The second kappa shape index (κ2) is 8.64. The molecule has 4 nitrogen and oxygen atoms in total. The van der Waals surface area contributed by atoms with Crippen molar-refractivity contribution in [3.05, 3.63) is 0 Å². The Morgan fingerprint density at radius 2 is 2.06 bits per heavy atom. The van der Waals surface area contributed by atoms with E-state index in [4.69, 9.17) is 9.84 Å². The minimum absolute atomic E-state index is 0.446. The van der Waals surface area contributed by atoms with Crippen molar-refractivity contribution < 1.29 is 18.8 Å². The van der Waals surface area contributed by atoms with Gasteiger partial charge in [-0.2, -0.15) is 0 Å². The molecular weight excluding hydrogens is 252 g/mol. The predicted octanol–water partition coefficient (Wildman–Crippen LogP) is 2.20. The molecular formula is C13H24O4S. The molecule has 0 saturated carbocycles. The molecule has 0 bridgehead atoms. The van der Waals surface area contributed by atoms with Crippen molar-refractivity contribution in [2.75, 3.05) is 19.0 Å². The van der Waals surface area contributed by atoms with E-state index in [-0.39, 0.29) is 0 Å². The maximum Gasteiger partial charge on any atom is 0.319 e. The molecule has 1 aliphatic heterocycles. The SMILES string of the molecule is CCC(C(=O)O)S(=O)CCCCC1CCOCC1. The van der Waals surface area contributed by atoms with Gasteiger partial charge in [-0.1, -0.05) is 19.8 Å². The zero-order chi connectivity index (χ0) is 13.4. The number of hydrogen-bond donors (Lipinski definition) is 1. The van der Waals surface area contributed by atoms with Gasteiger partial charge in [0.25, 0.3) is 0 Å². The Morgan fingerprint density at radius 1 is 1.39 bits per heavy atom. The Morgan fingerprint density at radius 3 is 2.61 bits per heavy atom. The van der Waals surface area contributed by atoms with Crippen LogP contribution in [0, 0.1) is 5.92 Å². The molecule has 1 heterocycles. The van der Waals surface area contributed by atoms with E-state index < -0.39 is 22.0 Å². The first-order valence-electron chi connectivity index (χ1n) is 6.82. The summed E-state index contributed by atoms with van der Waals surface area (Å²) in [6.45, 7) is 3.51. The van der Waals surface area contributed by atoms with Crippen molar-refractivity contribution >= 4 is 16.8 Å². The zero-order valence-electron chi connectivity index (χ0n) is 11.1. The van der Waals surface area contributed by atoms with Gasteiger partial charge in [-0.05, 0) is 31.6 Å². The van der Waals surface area contributed by atoms with Crippen molar-refractivity contribution in [3.8, 4) is 0 Å². The van der Waals surface area contributed by atoms with Crippen LogP contribution in [-0.4, -0.2) is 39.5 Å². The number of hydrogen-bond acceptors (Lipinski definition) is 3. The zero-order valence-corrected chi connectivity index (χ0v) is 11.9. The third-order valence-corrected chi connectivity index (χ3v) is 5.37. The van der Waals surface area contributed by atoms with Gasteiger partial charge in [0.1, 0.15) is 5.25 Å². The first-order valence-corrected chi connectivity index (χ1v) is 8.21. The molecule has 0 spiro atoms. The maximum absolute atomic E-state index is 11.8. The summed E-state index contributed by atoms with van der Waals surface area (Å²) in [5.41, 5.74) is 0. The van der Waals surface area contributed by atoms with Crippen LogP contribution in [0.5, 0.6) is 0 Å². The number of rotatable bonds is 8. The average Bonchev–Trinajstić information content (AvgIpc) is 2.36. The second-order valence-corrected chi connectivity index (χ2v) is 6.61. The van der Waals surface area contributed by atoms with Gasteiger partial charge in [-0.15, -0.1) is 0 Å². The summed E-state index contributed by atoms with van der Waals surface area (Å²) in [6.07, 6.45) is 5.79. The fraction of sp³-hybridized carbons (Fsp3) is 0.923. The van der Waals surface area contributed by atoms with Gasteiger partial charge in [-0.3, -0.25) is 9.00 Å². The molecule has 5 heteroatoms. The quantitative estimate of drug-likeness (QED) is 0.690. The van der Waals surface area contributed by atoms with Crippen LogP contribution in [0.2, 0.25) is 0 Å². The minimum atomic E-state index is -1.22. The van der Waals surface area contributed by atoms with E-state index in [9.17, 15) is 9.00 Å². The Balaban J connectivity index is 2.12. The third-order valence-electron chi connectivity index (χ3n) is 3.51. The molecule has 1 N–H and O–H groups in total. The molecule has 18 heavy (non-hydrogen) atoms. The molecule has 1 aliphatic rings. The molecule has 0 radical (unpaired) electrons. The topological polar surface area (TPSA) is 63.6 Å². The van der Waals surface area contributed by atoms with Gasteiger partial charge >= 0.3 is 5.97 Å². The van der Waals surface area contributed by atoms with E-state index >= 15 is 0 Å². The molecule has 0 aromatic heterocycles. The van der Waals surface area contributed by atoms with Crippen LogP contribution in [0.15, 0.2) is 0 Å². The van der Waals surface area contributed by atoms with Gasteiger partial charge in [0.15, 0.2) is 0 Å². The van der Waals surface area contributed by atoms with E-state index in [0.717, 1.165) is 51.2 Å². The van der Waals surface area contributed by atoms with Crippen LogP contribution in [0.1, 0.15) is 45.4 Å². The van der Waals surface area contributed by atoms with Crippen molar-refractivity contribution in [3.63, 3.8) is 0 Å². The Kier molecular flexibility index (Phi) is 7.51. The van der Waals surface area contributed by atoms with Gasteiger partial charge in [0.05, 0.1) is 0 Å². The lowest BCUT2D eigenvalue weighted by Gasteiger charge is -2.21. The summed E-state index contributed by atoms with van der Waals surface area (Å²) < 4.78 is 17.1. The largest absolute Gasteiger partial charge is 0.480 e. The lowest BCUT2D eigenvalue weighted by molar-refractivity contribution is -0.136. The van der Waals surface area contributed by atoms with E-state index in [1.165, 1.54) is 0 Å². The molecule has 2 atom stereocenters. The molecule has 0 amide bonds. The van der Waals surface area contributed by atoms with Crippen molar-refractivity contribution in [1.29, 1.82) is 0 Å². The monoisotopic (exact) mass is 276 g/mol. The summed E-state index contributed by atoms with van der Waals surface area (Å²) in [5, 5.41) is 8.21. The Hall–Kier alpha value is -0.420. The van der Waals surface area contributed by atoms with Crippen LogP contribution < -0.4 is 0 Å². The van der Waals surface area contributed by atoms with Gasteiger partial charge < -0.3 is 9.84 Å². The number of aliphatic carboxylic acids is 1. The smallest absolute Gasteiger partial charge is 0.319 e. The molecule has 1 fully saturated rings. The summed E-state index contributed by atoms with van der Waals surface area (Å²) >= 11 is 0. The molecule has 1 saturated heterocycles. The number of carboxylic acid groups (broad SMARTS) is 1. The lowest BCUT2D eigenvalue weighted by atomic mass is 9.94. The summed E-state index contributed by atoms with van der Waals surface area (Å²) in [4.78, 5) is 10.8. The molecule has 2 unspecified atom stereocenters. The summed E-state index contributed by atoms with van der Waals surface area (Å²) in [6, 6.07) is 0. The first kappa shape index (κ1) is 15.6. The molecule has 0 aromatic carbocycles. The highest BCUT2D eigenvalue weighted by Crippen LogP contribution is 2.21. The standard InChI is InChI=1S/C13H24O4S/c1-2-12(13(14)15)18(16)10-4-3-5-11-6-8-17-9-7-11/h11-12H,2-10H2,1H3,(H,14,15). The van der Waals surface area contributed by atoms with Crippen molar-refractivity contribution in [2.24, 2.45) is 5.92 Å². The van der Waals surface area contributed by atoms with Gasteiger partial charge in [-0.25, -0.2) is 0 Å². The average molecular weight is 276 g/mol. The highest BCUT2D eigenvalue weighted by atomic mass is 32.2. The Bertz CT molecular complexity index is 274. The van der Waals surface area contributed by atoms with E-state index in [0.29, 0.717) is 12.2 Å². The van der Waals surface area contributed by atoms with Gasteiger partial charge in [0.2, 0.25) is 0 Å². The van der Waals surface area contributed by atoms with Crippen molar-refractivity contribution in [2.45, 2.75) is 50.7 Å². The van der Waals surface area contributed by atoms with Crippen LogP contribution in [0.3, 0.4) is 0 Å². The summed E-state index contributed by atoms with van der Waals surface area (Å²) in [7, 11) is -1.22. The van der Waals surface area contributed by atoms with E-state index in [1.807, 2.05) is 0 Å². The number of carboxylic acids is 1. The van der Waals surface area contributed by atoms with Crippen LogP contribution >= 0.6 is 0 Å². The minimum Gasteiger partial charge on any atom is -0.480 e. The van der Waals surface area contributed by atoms with Gasteiger partial charge in [0, 0.05) is 29.8 Å². The Labute approximate surface area is 112 Å². The van der Waals surface area contributed by atoms with E-state index in [2.05, 4.69) is 0 Å². The molecule has 1 rings (SSSR count). The molecule has 0 aliphatic carbocycles. The summed E-state index contributed by atoms with van der Waals surface area (Å²) in [5.74, 6) is 0.336. The first-order chi connectivity index (χ1) is 8.65. The van der Waals surface area contributed by atoms with Crippen molar-refractivity contribution in [1.82, 2.24) is 0 Å². The molecule has 106 valence electrons. The van der Waals surface area contributed by atoms with E-state index in [1.54, 1.807) is 6.92 Å². The number of carbonyl (C=O) groups is 1. The normalized spacial score (nSPS) is 20.5. The number of unbranched alkanes of at least 4 members (excludes halogenated alkanes) is 1. The fourth-order valence-electron chi connectivity index (χ4n) is 2.33. The number of ether oxygens (including phenoxy) is 1. The predicted molar refractivity (Wildman–Crippen MR) is 72.1 cm³/mol. The highest BCUT2D eigenvalue weighted by molar-refractivity contribution is 7.86.